The highest BCUT2D eigenvalue weighted by atomic mass is 32.2. The van der Waals surface area contributed by atoms with Crippen LogP contribution in [0.25, 0.3) is 0 Å². The van der Waals surface area contributed by atoms with Gasteiger partial charge >= 0.3 is 0 Å². The third-order valence-corrected chi connectivity index (χ3v) is 3.64. The Morgan fingerprint density at radius 3 is 3.06 bits per heavy atom. The van der Waals surface area contributed by atoms with Gasteiger partial charge in [-0.25, -0.2) is 9.98 Å². The van der Waals surface area contributed by atoms with Crippen LogP contribution in [-0.4, -0.2) is 29.9 Å². The first kappa shape index (κ1) is 10.4. The van der Waals surface area contributed by atoms with Gasteiger partial charge in [-0.3, -0.25) is 0 Å². The SMILES string of the molecule is COc1ccc2c(c1)SC1=NC=CN(C)C1=N2. The van der Waals surface area contributed by atoms with Crippen LogP contribution in [0.3, 0.4) is 0 Å². The normalized spacial score (nSPS) is 16.9. The Hall–Kier alpha value is -1.75. The monoisotopic (exact) mass is 245 g/mol. The fraction of sp³-hybridized carbons (Fsp3) is 0.167. The zero-order valence-electron chi connectivity index (χ0n) is 9.54. The fourth-order valence-electron chi connectivity index (χ4n) is 1.69. The highest BCUT2D eigenvalue weighted by Gasteiger charge is 2.23. The summed E-state index contributed by atoms with van der Waals surface area (Å²) >= 11 is 1.62. The van der Waals surface area contributed by atoms with Gasteiger partial charge in [0.05, 0.1) is 12.8 Å². The van der Waals surface area contributed by atoms with Gasteiger partial charge in [-0.2, -0.15) is 0 Å². The third-order valence-electron chi connectivity index (χ3n) is 2.61. The molecule has 1 aromatic rings. The van der Waals surface area contributed by atoms with Gasteiger partial charge in [-0.1, -0.05) is 11.8 Å². The van der Waals surface area contributed by atoms with E-state index in [9.17, 15) is 0 Å². The van der Waals surface area contributed by atoms with Crippen molar-refractivity contribution < 1.29 is 4.74 Å². The van der Waals surface area contributed by atoms with Gasteiger partial charge in [0, 0.05) is 24.3 Å². The Balaban J connectivity index is 2.09. The molecule has 0 saturated heterocycles. The van der Waals surface area contributed by atoms with Crippen LogP contribution in [0.5, 0.6) is 5.75 Å². The predicted octanol–water partition coefficient (Wildman–Crippen LogP) is 2.65. The molecule has 0 bridgehead atoms. The lowest BCUT2D eigenvalue weighted by Crippen LogP contribution is -2.30. The lowest BCUT2D eigenvalue weighted by atomic mass is 10.3. The van der Waals surface area contributed by atoms with E-state index in [0.29, 0.717) is 0 Å². The number of benzene rings is 1. The van der Waals surface area contributed by atoms with Crippen molar-refractivity contribution in [3.8, 4) is 5.75 Å². The number of methoxy groups -OCH3 is 1. The molecule has 0 unspecified atom stereocenters. The van der Waals surface area contributed by atoms with E-state index in [-0.39, 0.29) is 0 Å². The van der Waals surface area contributed by atoms with Gasteiger partial charge in [-0.15, -0.1) is 0 Å². The summed E-state index contributed by atoms with van der Waals surface area (Å²) in [6.07, 6.45) is 3.68. The number of hydrogen-bond acceptors (Lipinski definition) is 5. The number of amidine groups is 1. The van der Waals surface area contributed by atoms with Crippen molar-refractivity contribution in [2.75, 3.05) is 14.2 Å². The Morgan fingerprint density at radius 2 is 2.24 bits per heavy atom. The molecule has 0 aromatic heterocycles. The van der Waals surface area contributed by atoms with Crippen molar-refractivity contribution in [3.05, 3.63) is 30.6 Å². The second-order valence-corrected chi connectivity index (χ2v) is 4.75. The van der Waals surface area contributed by atoms with E-state index < -0.39 is 0 Å². The molecule has 3 rings (SSSR count). The highest BCUT2D eigenvalue weighted by molar-refractivity contribution is 8.16. The molecule has 86 valence electrons. The summed E-state index contributed by atoms with van der Waals surface area (Å²) < 4.78 is 5.21. The van der Waals surface area contributed by atoms with Crippen LogP contribution in [-0.2, 0) is 0 Å². The molecule has 0 fully saturated rings. The summed E-state index contributed by atoms with van der Waals surface area (Å²) in [6, 6.07) is 5.88. The maximum absolute atomic E-state index is 5.21. The molecule has 0 N–H and O–H groups in total. The molecule has 0 saturated carbocycles. The fourth-order valence-corrected chi connectivity index (χ4v) is 2.69. The lowest BCUT2D eigenvalue weighted by molar-refractivity contribution is 0.414. The summed E-state index contributed by atoms with van der Waals surface area (Å²) in [7, 11) is 3.64. The van der Waals surface area contributed by atoms with Crippen molar-refractivity contribution in [3.63, 3.8) is 0 Å². The lowest BCUT2D eigenvalue weighted by Gasteiger charge is -2.24. The highest BCUT2D eigenvalue weighted by Crippen LogP contribution is 2.38. The summed E-state index contributed by atoms with van der Waals surface area (Å²) in [4.78, 5) is 12.0. The van der Waals surface area contributed by atoms with Crippen molar-refractivity contribution in [2.45, 2.75) is 4.90 Å². The molecule has 0 amide bonds. The minimum atomic E-state index is 0.843. The first-order valence-corrected chi connectivity index (χ1v) is 6.02. The van der Waals surface area contributed by atoms with Gasteiger partial charge in [-0.05, 0) is 18.2 Å². The van der Waals surface area contributed by atoms with E-state index in [1.165, 1.54) is 0 Å². The first-order chi connectivity index (χ1) is 8.28. The molecule has 1 aromatic carbocycles. The minimum absolute atomic E-state index is 0.843. The summed E-state index contributed by atoms with van der Waals surface area (Å²) in [6.45, 7) is 0. The standard InChI is InChI=1S/C12H11N3OS/c1-15-6-5-13-12-11(15)14-9-4-3-8(16-2)7-10(9)17-12/h3-7H,1-2H3. The Bertz CT molecular complexity index is 563. The number of aliphatic imine (C=N–C) groups is 2. The molecule has 2 heterocycles. The van der Waals surface area contributed by atoms with E-state index in [4.69, 9.17) is 4.74 Å². The predicted molar refractivity (Wildman–Crippen MR) is 70.3 cm³/mol. The topological polar surface area (TPSA) is 37.2 Å². The van der Waals surface area contributed by atoms with Gasteiger partial charge in [0.15, 0.2) is 5.84 Å². The number of hydrogen-bond donors (Lipinski definition) is 0. The summed E-state index contributed by atoms with van der Waals surface area (Å²) in [5, 5.41) is 0.927. The first-order valence-electron chi connectivity index (χ1n) is 5.20. The van der Waals surface area contributed by atoms with E-state index in [1.54, 1.807) is 25.1 Å². The number of thioether (sulfide) groups is 1. The summed E-state index contributed by atoms with van der Waals surface area (Å²) in [5.74, 6) is 1.74. The van der Waals surface area contributed by atoms with Crippen LogP contribution in [0, 0.1) is 0 Å². The molecular formula is C12H11N3OS. The Labute approximate surface area is 104 Å². The molecule has 0 atom stereocenters. The Morgan fingerprint density at radius 1 is 1.35 bits per heavy atom. The van der Waals surface area contributed by atoms with Crippen molar-refractivity contribution >= 4 is 28.3 Å². The molecule has 0 radical (unpaired) electrons. The van der Waals surface area contributed by atoms with Gasteiger partial charge < -0.3 is 9.64 Å². The van der Waals surface area contributed by atoms with Crippen molar-refractivity contribution in [1.29, 1.82) is 0 Å². The van der Waals surface area contributed by atoms with Crippen LogP contribution in [0.4, 0.5) is 5.69 Å². The number of fused-ring (bicyclic) bond motifs is 2. The zero-order chi connectivity index (χ0) is 11.8. The molecule has 0 aliphatic carbocycles. The Kier molecular flexibility index (Phi) is 2.40. The molecule has 5 heteroatoms. The molecule has 2 aliphatic rings. The van der Waals surface area contributed by atoms with Gasteiger partial charge in [0.2, 0.25) is 0 Å². The quantitative estimate of drug-likeness (QED) is 0.763. The van der Waals surface area contributed by atoms with Crippen LogP contribution in [0.1, 0.15) is 0 Å². The summed E-state index contributed by atoms with van der Waals surface area (Å²) in [5.41, 5.74) is 0.965. The minimum Gasteiger partial charge on any atom is -0.497 e. The van der Waals surface area contributed by atoms with Crippen LogP contribution in [0.2, 0.25) is 0 Å². The third kappa shape index (κ3) is 1.72. The average Bonchev–Trinajstić information content (AvgIpc) is 2.36. The van der Waals surface area contributed by atoms with E-state index in [2.05, 4.69) is 9.98 Å². The van der Waals surface area contributed by atoms with E-state index in [1.807, 2.05) is 36.3 Å². The largest absolute Gasteiger partial charge is 0.497 e. The average molecular weight is 245 g/mol. The molecule has 0 spiro atoms. The second-order valence-electron chi connectivity index (χ2n) is 3.71. The maximum Gasteiger partial charge on any atom is 0.166 e. The van der Waals surface area contributed by atoms with E-state index >= 15 is 0 Å². The van der Waals surface area contributed by atoms with Crippen LogP contribution >= 0.6 is 11.8 Å². The molecule has 17 heavy (non-hydrogen) atoms. The zero-order valence-corrected chi connectivity index (χ0v) is 10.4. The van der Waals surface area contributed by atoms with Crippen molar-refractivity contribution in [2.24, 2.45) is 9.98 Å². The van der Waals surface area contributed by atoms with Crippen LogP contribution < -0.4 is 4.74 Å². The van der Waals surface area contributed by atoms with Crippen molar-refractivity contribution in [1.82, 2.24) is 4.90 Å². The molecular weight excluding hydrogens is 234 g/mol. The second kappa shape index (κ2) is 3.92. The number of nitrogens with zero attached hydrogens (tertiary/aromatic N) is 3. The van der Waals surface area contributed by atoms with Gasteiger partial charge in [0.25, 0.3) is 0 Å². The van der Waals surface area contributed by atoms with Gasteiger partial charge in [0.1, 0.15) is 10.8 Å². The number of rotatable bonds is 1. The molecule has 2 aliphatic heterocycles. The van der Waals surface area contributed by atoms with Crippen LogP contribution in [0.15, 0.2) is 45.5 Å². The maximum atomic E-state index is 5.21. The van der Waals surface area contributed by atoms with E-state index in [0.717, 1.165) is 27.2 Å². The smallest absolute Gasteiger partial charge is 0.166 e. The number of ether oxygens (including phenoxy) is 1. The molecule has 4 nitrogen and oxygen atoms in total.